The monoisotopic (exact) mass is 246 g/mol. The number of amides is 1. The van der Waals surface area contributed by atoms with Crippen molar-refractivity contribution in [2.45, 2.75) is 45.1 Å². The van der Waals surface area contributed by atoms with E-state index in [9.17, 15) is 4.79 Å². The van der Waals surface area contributed by atoms with E-state index in [1.165, 1.54) is 18.4 Å². The van der Waals surface area contributed by atoms with Crippen molar-refractivity contribution in [1.29, 1.82) is 0 Å². The molecule has 1 aromatic rings. The largest absolute Gasteiger partial charge is 0.325 e. The van der Waals surface area contributed by atoms with Crippen LogP contribution in [0.1, 0.15) is 44.6 Å². The van der Waals surface area contributed by atoms with Crippen LogP contribution in [0.25, 0.3) is 0 Å². The van der Waals surface area contributed by atoms with Gasteiger partial charge in [-0.3, -0.25) is 4.79 Å². The van der Waals surface area contributed by atoms with Gasteiger partial charge in [0.25, 0.3) is 0 Å². The molecule has 3 N–H and O–H groups in total. The maximum Gasteiger partial charge on any atom is 0.241 e. The van der Waals surface area contributed by atoms with Gasteiger partial charge in [-0.05, 0) is 36.0 Å². The molecule has 3 heteroatoms. The molecule has 0 aliphatic heterocycles. The summed E-state index contributed by atoms with van der Waals surface area (Å²) < 4.78 is 0. The zero-order valence-corrected chi connectivity index (χ0v) is 11.1. The number of benzene rings is 1. The van der Waals surface area contributed by atoms with E-state index in [0.717, 1.165) is 12.1 Å². The Morgan fingerprint density at radius 1 is 1.44 bits per heavy atom. The fourth-order valence-corrected chi connectivity index (χ4v) is 2.03. The minimum absolute atomic E-state index is 0.0668. The van der Waals surface area contributed by atoms with Crippen molar-refractivity contribution in [3.8, 4) is 0 Å². The molecule has 0 aromatic heterocycles. The summed E-state index contributed by atoms with van der Waals surface area (Å²) >= 11 is 0. The number of anilines is 1. The van der Waals surface area contributed by atoms with Crippen LogP contribution in [0, 0.1) is 5.92 Å². The lowest BCUT2D eigenvalue weighted by Crippen LogP contribution is -2.36. The molecule has 1 atom stereocenters. The van der Waals surface area contributed by atoms with Crippen LogP contribution < -0.4 is 11.1 Å². The minimum atomic E-state index is -0.375. The van der Waals surface area contributed by atoms with Gasteiger partial charge in [-0.1, -0.05) is 38.8 Å². The number of nitrogens with two attached hydrogens (primary N) is 1. The maximum absolute atomic E-state index is 11.9. The Labute approximate surface area is 109 Å². The second-order valence-corrected chi connectivity index (χ2v) is 5.55. The van der Waals surface area contributed by atoms with Crippen molar-refractivity contribution in [2.75, 3.05) is 5.32 Å². The van der Waals surface area contributed by atoms with Gasteiger partial charge in [0.1, 0.15) is 0 Å². The third-order valence-electron chi connectivity index (χ3n) is 3.44. The van der Waals surface area contributed by atoms with Crippen LogP contribution in [0.5, 0.6) is 0 Å². The van der Waals surface area contributed by atoms with E-state index in [1.54, 1.807) is 0 Å². The summed E-state index contributed by atoms with van der Waals surface area (Å²) in [5, 5.41) is 2.91. The highest BCUT2D eigenvalue weighted by Gasteiger charge is 2.26. The molecule has 0 bridgehead atoms. The molecule has 3 nitrogen and oxygen atoms in total. The molecule has 1 amide bonds. The van der Waals surface area contributed by atoms with Crippen molar-refractivity contribution in [3.05, 3.63) is 29.8 Å². The zero-order chi connectivity index (χ0) is 13.1. The maximum atomic E-state index is 11.9. The van der Waals surface area contributed by atoms with E-state index < -0.39 is 0 Å². The van der Waals surface area contributed by atoms with Gasteiger partial charge in [-0.25, -0.2) is 0 Å². The number of hydrogen-bond acceptors (Lipinski definition) is 2. The molecule has 1 aliphatic carbocycles. The van der Waals surface area contributed by atoms with Gasteiger partial charge in [-0.15, -0.1) is 0 Å². The minimum Gasteiger partial charge on any atom is -0.325 e. The van der Waals surface area contributed by atoms with Crippen molar-refractivity contribution >= 4 is 11.6 Å². The van der Waals surface area contributed by atoms with Crippen molar-refractivity contribution < 1.29 is 4.79 Å². The smallest absolute Gasteiger partial charge is 0.241 e. The van der Waals surface area contributed by atoms with Crippen LogP contribution in [0.4, 0.5) is 5.69 Å². The van der Waals surface area contributed by atoms with E-state index in [2.05, 4.69) is 25.2 Å². The summed E-state index contributed by atoms with van der Waals surface area (Å²) in [5.74, 6) is 1.07. The number of rotatable bonds is 5. The van der Waals surface area contributed by atoms with Crippen molar-refractivity contribution in [1.82, 2.24) is 0 Å². The van der Waals surface area contributed by atoms with Crippen LogP contribution in [0.3, 0.4) is 0 Å². The molecule has 1 fully saturated rings. The molecule has 0 saturated heterocycles. The molecule has 1 aliphatic rings. The topological polar surface area (TPSA) is 55.1 Å². The number of carbonyl (C=O) groups excluding carboxylic acids is 1. The van der Waals surface area contributed by atoms with Crippen molar-refractivity contribution in [2.24, 2.45) is 11.7 Å². The first-order valence-electron chi connectivity index (χ1n) is 6.72. The first-order chi connectivity index (χ1) is 8.56. The molecule has 18 heavy (non-hydrogen) atoms. The van der Waals surface area contributed by atoms with Gasteiger partial charge in [-0.2, -0.15) is 0 Å². The molecule has 1 unspecified atom stereocenters. The Morgan fingerprint density at radius 2 is 2.17 bits per heavy atom. The molecule has 0 radical (unpaired) electrons. The van der Waals surface area contributed by atoms with Gasteiger partial charge < -0.3 is 11.1 Å². The highest BCUT2D eigenvalue weighted by Crippen LogP contribution is 2.33. The first-order valence-corrected chi connectivity index (χ1v) is 6.72. The number of carbonyl (C=O) groups is 1. The van der Waals surface area contributed by atoms with E-state index in [0.29, 0.717) is 11.8 Å². The van der Waals surface area contributed by atoms with Crippen LogP contribution in [-0.4, -0.2) is 11.9 Å². The standard InChI is InChI=1S/C15H22N2O/c1-10(2)12-4-3-5-13(9-12)17-15(18)14(16)8-11-6-7-11/h3-5,9-11,14H,6-8,16H2,1-2H3,(H,17,18). The lowest BCUT2D eigenvalue weighted by molar-refractivity contribution is -0.117. The van der Waals surface area contributed by atoms with Gasteiger partial charge >= 0.3 is 0 Å². The summed E-state index contributed by atoms with van der Waals surface area (Å²) in [7, 11) is 0. The van der Waals surface area contributed by atoms with E-state index >= 15 is 0 Å². The quantitative estimate of drug-likeness (QED) is 0.839. The second kappa shape index (κ2) is 5.53. The molecule has 1 aromatic carbocycles. The predicted molar refractivity (Wildman–Crippen MR) is 74.5 cm³/mol. The SMILES string of the molecule is CC(C)c1cccc(NC(=O)C(N)CC2CC2)c1. The van der Waals surface area contributed by atoms with Crippen LogP contribution in [-0.2, 0) is 4.79 Å². The fourth-order valence-electron chi connectivity index (χ4n) is 2.03. The lowest BCUT2D eigenvalue weighted by Gasteiger charge is -2.13. The molecule has 1 saturated carbocycles. The second-order valence-electron chi connectivity index (χ2n) is 5.55. The summed E-state index contributed by atoms with van der Waals surface area (Å²) in [6.45, 7) is 4.28. The van der Waals surface area contributed by atoms with Crippen LogP contribution in [0.2, 0.25) is 0 Å². The Kier molecular flexibility index (Phi) is 4.02. The Balaban J connectivity index is 1.94. The third-order valence-corrected chi connectivity index (χ3v) is 3.44. The number of hydrogen-bond donors (Lipinski definition) is 2. The zero-order valence-electron chi connectivity index (χ0n) is 11.1. The highest BCUT2D eigenvalue weighted by atomic mass is 16.2. The molecule has 0 spiro atoms. The Hall–Kier alpha value is -1.35. The normalized spacial score (nSPS) is 16.7. The van der Waals surface area contributed by atoms with Gasteiger partial charge in [0.05, 0.1) is 6.04 Å². The Morgan fingerprint density at radius 3 is 2.78 bits per heavy atom. The lowest BCUT2D eigenvalue weighted by atomic mass is 10.0. The van der Waals surface area contributed by atoms with Crippen molar-refractivity contribution in [3.63, 3.8) is 0 Å². The first kappa shape index (κ1) is 13.1. The summed E-state index contributed by atoms with van der Waals surface area (Å²) in [6.07, 6.45) is 3.27. The summed E-state index contributed by atoms with van der Waals surface area (Å²) in [5.41, 5.74) is 7.96. The van der Waals surface area contributed by atoms with Gasteiger partial charge in [0, 0.05) is 5.69 Å². The van der Waals surface area contributed by atoms with E-state index in [-0.39, 0.29) is 11.9 Å². The molecular weight excluding hydrogens is 224 g/mol. The predicted octanol–water partition coefficient (Wildman–Crippen LogP) is 2.88. The van der Waals surface area contributed by atoms with Crippen LogP contribution in [0.15, 0.2) is 24.3 Å². The van der Waals surface area contributed by atoms with Gasteiger partial charge in [0.15, 0.2) is 0 Å². The number of nitrogens with one attached hydrogen (secondary N) is 1. The summed E-state index contributed by atoms with van der Waals surface area (Å²) in [4.78, 5) is 11.9. The third kappa shape index (κ3) is 3.57. The average molecular weight is 246 g/mol. The van der Waals surface area contributed by atoms with E-state index in [4.69, 9.17) is 5.73 Å². The van der Waals surface area contributed by atoms with Crippen LogP contribution >= 0.6 is 0 Å². The molecule has 98 valence electrons. The summed E-state index contributed by atoms with van der Waals surface area (Å²) in [6, 6.07) is 7.60. The highest BCUT2D eigenvalue weighted by molar-refractivity contribution is 5.94. The van der Waals surface area contributed by atoms with Gasteiger partial charge in [0.2, 0.25) is 5.91 Å². The fraction of sp³-hybridized carbons (Fsp3) is 0.533. The Bertz CT molecular complexity index is 424. The average Bonchev–Trinajstić information content (AvgIpc) is 3.13. The molecule has 0 heterocycles. The van der Waals surface area contributed by atoms with E-state index in [1.807, 2.05) is 18.2 Å². The molecule has 2 rings (SSSR count). The molecular formula is C15H22N2O.